The number of phenols is 1. The molecule has 10 heteroatoms. The highest BCUT2D eigenvalue weighted by atomic mass is 32.2. The Morgan fingerprint density at radius 2 is 1.81 bits per heavy atom. The summed E-state index contributed by atoms with van der Waals surface area (Å²) in [6.07, 6.45) is 0. The van der Waals surface area contributed by atoms with E-state index in [1.54, 1.807) is 27.6 Å². The predicted molar refractivity (Wildman–Crippen MR) is 120 cm³/mol. The fraction of sp³-hybridized carbons (Fsp3) is 0.318. The molecule has 170 valence electrons. The van der Waals surface area contributed by atoms with Crippen molar-refractivity contribution in [2.45, 2.75) is 38.0 Å². The highest BCUT2D eigenvalue weighted by molar-refractivity contribution is 7.89. The van der Waals surface area contributed by atoms with Crippen molar-refractivity contribution in [3.05, 3.63) is 54.1 Å². The van der Waals surface area contributed by atoms with Crippen LogP contribution in [-0.4, -0.2) is 46.7 Å². The average Bonchev–Trinajstić information content (AvgIpc) is 3.36. The highest BCUT2D eigenvalue weighted by Crippen LogP contribution is 2.34. The first-order valence-corrected chi connectivity index (χ1v) is 11.6. The number of carbonyl (C=O) groups excluding carboxylic acids is 1. The number of phenolic OH excluding ortho intramolecular Hbond substituents is 1. The van der Waals surface area contributed by atoms with Crippen molar-refractivity contribution >= 4 is 27.0 Å². The van der Waals surface area contributed by atoms with E-state index < -0.39 is 16.0 Å². The van der Waals surface area contributed by atoms with Gasteiger partial charge < -0.3 is 9.84 Å². The summed E-state index contributed by atoms with van der Waals surface area (Å²) in [6, 6.07) is 10.4. The van der Waals surface area contributed by atoms with Gasteiger partial charge in [-0.25, -0.2) is 17.9 Å². The van der Waals surface area contributed by atoms with E-state index in [4.69, 9.17) is 4.74 Å². The number of hydrogen-bond acceptors (Lipinski definition) is 5. The molecule has 9 nitrogen and oxygen atoms in total. The highest BCUT2D eigenvalue weighted by Gasteiger charge is 2.28. The minimum Gasteiger partial charge on any atom is -0.506 e. The minimum atomic E-state index is -3.78. The number of esters is 1. The average molecular weight is 459 g/mol. The van der Waals surface area contributed by atoms with Crippen molar-refractivity contribution < 1.29 is 23.1 Å². The molecule has 4 aromatic rings. The number of aromatic nitrogens is 3. The van der Waals surface area contributed by atoms with Gasteiger partial charge in [-0.05, 0) is 48.2 Å². The summed E-state index contributed by atoms with van der Waals surface area (Å²) in [7, 11) is -3.78. The molecule has 0 aliphatic heterocycles. The molecule has 0 atom stereocenters. The lowest BCUT2D eigenvalue weighted by molar-refractivity contribution is -0.138. The zero-order chi connectivity index (χ0) is 23.4. The van der Waals surface area contributed by atoms with Crippen LogP contribution in [0.4, 0.5) is 0 Å². The minimum absolute atomic E-state index is 0.0472. The van der Waals surface area contributed by atoms with Gasteiger partial charge in [-0.2, -0.15) is 0 Å². The van der Waals surface area contributed by atoms with Crippen LogP contribution < -0.4 is 4.72 Å². The van der Waals surface area contributed by atoms with Crippen LogP contribution in [0, 0.1) is 0 Å². The van der Waals surface area contributed by atoms with Crippen molar-refractivity contribution in [2.75, 3.05) is 13.2 Å². The summed E-state index contributed by atoms with van der Waals surface area (Å²) in [5, 5.41) is 10.5. The normalized spacial score (nSPS) is 12.8. The molecular weight excluding hydrogens is 432 g/mol. The lowest BCUT2D eigenvalue weighted by Crippen LogP contribution is -2.28. The first-order valence-electron chi connectivity index (χ1n) is 10.1. The van der Waals surface area contributed by atoms with E-state index in [-0.39, 0.29) is 34.8 Å². The molecule has 0 radical (unpaired) electrons. The third kappa shape index (κ3) is 3.76. The van der Waals surface area contributed by atoms with Gasteiger partial charge in [0.1, 0.15) is 29.1 Å². The van der Waals surface area contributed by atoms with Crippen molar-refractivity contribution in [1.29, 1.82) is 0 Å². The summed E-state index contributed by atoms with van der Waals surface area (Å²) in [5.74, 6) is -0.415. The van der Waals surface area contributed by atoms with Gasteiger partial charge in [-0.3, -0.25) is 0 Å². The molecule has 2 heterocycles. The Hall–Kier alpha value is -3.24. The van der Waals surface area contributed by atoms with Crippen molar-refractivity contribution in [2.24, 2.45) is 0 Å². The molecule has 0 fully saturated rings. The molecule has 2 N–H and O–H groups in total. The number of nitrogens with zero attached hydrogens (tertiary/aromatic N) is 3. The Morgan fingerprint density at radius 3 is 2.44 bits per heavy atom. The van der Waals surface area contributed by atoms with Gasteiger partial charge in [0.15, 0.2) is 0 Å². The van der Waals surface area contributed by atoms with E-state index in [1.165, 1.54) is 13.0 Å². The Morgan fingerprint density at radius 1 is 1.12 bits per heavy atom. The standard InChI is InChI=1S/C22H26N4O5S/c1-14(2)21(28)31-11-10-23-32(29,30)16-7-9-17-19(13-16)26-24(17)25(26)18-8-6-15(12-20(18)27)22(3,4)5/h6-9,12-13,23,27H,1,10-11H2,2-5H3. The molecular formula is C22H26N4O5S. The maximum atomic E-state index is 12.6. The predicted octanol–water partition coefficient (Wildman–Crippen LogP) is 2.82. The van der Waals surface area contributed by atoms with Crippen molar-refractivity contribution in [3.8, 4) is 11.4 Å². The topological polar surface area (TPSA) is 106 Å². The summed E-state index contributed by atoms with van der Waals surface area (Å²) in [4.78, 5) is 13.2. The lowest BCUT2D eigenvalue weighted by Gasteiger charge is -2.19. The molecule has 0 aliphatic rings. The van der Waals surface area contributed by atoms with Crippen LogP contribution in [0.25, 0.3) is 16.7 Å². The van der Waals surface area contributed by atoms with Crippen LogP contribution in [-0.2, 0) is 25.0 Å². The zero-order valence-corrected chi connectivity index (χ0v) is 19.2. The van der Waals surface area contributed by atoms with Crippen molar-refractivity contribution in [1.82, 2.24) is 18.8 Å². The number of benzene rings is 2. The van der Waals surface area contributed by atoms with Gasteiger partial charge in [0.25, 0.3) is 0 Å². The number of aromatic hydroxyl groups is 1. The zero-order valence-electron chi connectivity index (χ0n) is 18.4. The molecule has 2 aromatic carbocycles. The molecule has 0 unspecified atom stereocenters. The van der Waals surface area contributed by atoms with E-state index >= 15 is 0 Å². The summed E-state index contributed by atoms with van der Waals surface area (Å²) < 4.78 is 36.1. The second-order valence-electron chi connectivity index (χ2n) is 8.79. The number of ether oxygens (including phenoxy) is 1. The Balaban J connectivity index is 1.54. The first kappa shape index (κ1) is 22.0. The number of hydrogen-bond donors (Lipinski definition) is 2. The van der Waals surface area contributed by atoms with Gasteiger partial charge in [0, 0.05) is 12.1 Å². The maximum absolute atomic E-state index is 12.6. The molecule has 32 heavy (non-hydrogen) atoms. The molecule has 0 bridgehead atoms. The monoisotopic (exact) mass is 458 g/mol. The smallest absolute Gasteiger partial charge is 0.333 e. The number of carbonyl (C=O) groups is 1. The third-order valence-electron chi connectivity index (χ3n) is 5.23. The number of rotatable bonds is 7. The summed E-state index contributed by atoms with van der Waals surface area (Å²) >= 11 is 0. The van der Waals surface area contributed by atoms with E-state index in [2.05, 4.69) is 32.1 Å². The Kier molecular flexibility index (Phi) is 5.09. The second-order valence-corrected chi connectivity index (χ2v) is 10.6. The first-order chi connectivity index (χ1) is 14.9. The van der Waals surface area contributed by atoms with E-state index in [0.29, 0.717) is 11.2 Å². The van der Waals surface area contributed by atoms with Crippen molar-refractivity contribution in [3.63, 3.8) is 0 Å². The Bertz CT molecular complexity index is 1430. The molecule has 2 aromatic heterocycles. The third-order valence-corrected chi connectivity index (χ3v) is 6.69. The number of nitrogens with one attached hydrogen (secondary N) is 1. The van der Waals surface area contributed by atoms with Gasteiger partial charge in [0.2, 0.25) is 10.0 Å². The van der Waals surface area contributed by atoms with E-state index in [1.807, 2.05) is 16.8 Å². The maximum Gasteiger partial charge on any atom is 0.333 e. The molecule has 0 saturated heterocycles. The summed E-state index contributed by atoms with van der Waals surface area (Å²) in [5.41, 5.74) is 3.33. The fourth-order valence-electron chi connectivity index (χ4n) is 3.38. The number of sulfonamides is 1. The van der Waals surface area contributed by atoms with Gasteiger partial charge in [-0.1, -0.05) is 33.4 Å². The van der Waals surface area contributed by atoms with Crippen LogP contribution in [0.15, 0.2) is 53.4 Å². The van der Waals surface area contributed by atoms with Gasteiger partial charge >= 0.3 is 5.97 Å². The number of fused-ring (bicyclic) bond motifs is 4. The van der Waals surface area contributed by atoms with Gasteiger partial charge in [-0.15, -0.1) is 14.1 Å². The van der Waals surface area contributed by atoms with E-state index in [0.717, 1.165) is 11.1 Å². The van der Waals surface area contributed by atoms with E-state index in [9.17, 15) is 18.3 Å². The molecule has 0 amide bonds. The fourth-order valence-corrected chi connectivity index (χ4v) is 4.41. The van der Waals surface area contributed by atoms with Crippen LogP contribution in [0.5, 0.6) is 5.75 Å². The largest absolute Gasteiger partial charge is 0.506 e. The quantitative estimate of drug-likeness (QED) is 0.252. The Labute approximate surface area is 185 Å². The van der Waals surface area contributed by atoms with Crippen LogP contribution in [0.2, 0.25) is 0 Å². The van der Waals surface area contributed by atoms with Gasteiger partial charge in [0.05, 0.1) is 4.90 Å². The molecule has 0 aliphatic carbocycles. The lowest BCUT2D eigenvalue weighted by atomic mass is 9.87. The van der Waals surface area contributed by atoms with Crippen LogP contribution in [0.3, 0.4) is 0 Å². The van der Waals surface area contributed by atoms with Crippen LogP contribution in [0.1, 0.15) is 33.3 Å². The summed E-state index contributed by atoms with van der Waals surface area (Å²) in [6.45, 7) is 11.1. The van der Waals surface area contributed by atoms with Crippen LogP contribution >= 0.6 is 0 Å². The SMILES string of the molecule is C=C(C)C(=O)OCCNS(=O)(=O)c1ccc2c(c1)n1n(-c3ccc(C(C)(C)C)cc3O)n21. The second kappa shape index (κ2) is 7.42. The molecule has 0 saturated carbocycles. The molecule has 0 spiro atoms. The molecule has 4 rings (SSSR count).